The largest absolute Gasteiger partial charge is 0.395 e. The molecule has 0 aromatic carbocycles. The standard InChI is InChI=1S/C24H37NO4/c1-3-4-7-17(2)22(27)11-10-20-21-15-18(14-19(21)16-23(20)28)8-5-6-9-24(29)25-12-13-26/h8,10-11,17,19-23,26-28H,5-7,9,12-16H2,1-2H3,(H,25,29)/b11-10+,18-8+/t17-,19-,20+,21-,22+,23+/m0/s1. The fourth-order valence-corrected chi connectivity index (χ4v) is 4.61. The molecule has 0 spiro atoms. The summed E-state index contributed by atoms with van der Waals surface area (Å²) in [4.78, 5) is 11.6. The molecule has 2 rings (SSSR count). The maximum absolute atomic E-state index is 11.6. The van der Waals surface area contributed by atoms with Crippen LogP contribution in [0.5, 0.6) is 0 Å². The van der Waals surface area contributed by atoms with Gasteiger partial charge in [0.25, 0.3) is 0 Å². The van der Waals surface area contributed by atoms with E-state index >= 15 is 0 Å². The summed E-state index contributed by atoms with van der Waals surface area (Å²) in [7, 11) is 0. The highest BCUT2D eigenvalue weighted by Gasteiger charge is 2.44. The zero-order valence-electron chi connectivity index (χ0n) is 17.8. The molecule has 0 bridgehead atoms. The van der Waals surface area contributed by atoms with Crippen molar-refractivity contribution in [3.8, 4) is 11.8 Å². The molecule has 0 radical (unpaired) electrons. The number of nitrogens with one attached hydrogen (secondary N) is 1. The number of allylic oxidation sites excluding steroid dienone is 2. The third-order valence-corrected chi connectivity index (χ3v) is 6.30. The minimum absolute atomic E-state index is 0.00762. The van der Waals surface area contributed by atoms with Gasteiger partial charge in [-0.3, -0.25) is 4.79 Å². The summed E-state index contributed by atoms with van der Waals surface area (Å²) in [5.41, 5.74) is 1.44. The lowest BCUT2D eigenvalue weighted by molar-refractivity contribution is -0.121. The molecule has 0 aromatic rings. The first-order chi connectivity index (χ1) is 14.0. The quantitative estimate of drug-likeness (QED) is 0.256. The predicted octanol–water partition coefficient (Wildman–Crippen LogP) is 2.57. The van der Waals surface area contributed by atoms with Crippen LogP contribution in [0, 0.1) is 35.5 Å². The van der Waals surface area contributed by atoms with E-state index in [0.29, 0.717) is 31.2 Å². The third kappa shape index (κ3) is 7.29. The molecule has 0 unspecified atom stereocenters. The summed E-state index contributed by atoms with van der Waals surface area (Å²) in [6.07, 6.45) is 11.0. The Morgan fingerprint density at radius 1 is 1.38 bits per heavy atom. The second-order valence-corrected chi connectivity index (χ2v) is 8.52. The second kappa shape index (κ2) is 12.2. The molecule has 162 valence electrons. The van der Waals surface area contributed by atoms with Crippen molar-refractivity contribution in [2.45, 2.75) is 71.0 Å². The minimum Gasteiger partial charge on any atom is -0.395 e. The van der Waals surface area contributed by atoms with E-state index in [9.17, 15) is 15.0 Å². The Labute approximate surface area is 175 Å². The van der Waals surface area contributed by atoms with Gasteiger partial charge in [-0.15, -0.1) is 11.8 Å². The third-order valence-electron chi connectivity index (χ3n) is 6.30. The van der Waals surface area contributed by atoms with E-state index < -0.39 is 6.10 Å². The number of aliphatic hydroxyl groups excluding tert-OH is 3. The van der Waals surface area contributed by atoms with Crippen molar-refractivity contribution < 1.29 is 20.1 Å². The van der Waals surface area contributed by atoms with Crippen LogP contribution in [0.25, 0.3) is 0 Å². The van der Waals surface area contributed by atoms with Crippen molar-refractivity contribution in [2.24, 2.45) is 23.7 Å². The maximum atomic E-state index is 11.6. The molecule has 29 heavy (non-hydrogen) atoms. The fraction of sp³-hybridized carbons (Fsp3) is 0.708. The number of rotatable bonds is 10. The Balaban J connectivity index is 1.82. The Morgan fingerprint density at radius 3 is 2.90 bits per heavy atom. The Hall–Kier alpha value is -1.61. The zero-order chi connectivity index (χ0) is 21.2. The first-order valence-electron chi connectivity index (χ1n) is 11.0. The topological polar surface area (TPSA) is 89.8 Å². The molecule has 6 atom stereocenters. The highest BCUT2D eigenvalue weighted by Crippen LogP contribution is 2.50. The van der Waals surface area contributed by atoms with E-state index in [1.807, 2.05) is 19.1 Å². The Kier molecular flexibility index (Phi) is 9.93. The molecule has 4 N–H and O–H groups in total. The predicted molar refractivity (Wildman–Crippen MR) is 115 cm³/mol. The fourth-order valence-electron chi connectivity index (χ4n) is 4.61. The van der Waals surface area contributed by atoms with Gasteiger partial charge in [0, 0.05) is 25.3 Å². The minimum atomic E-state index is -0.532. The molecule has 2 aliphatic rings. The normalized spacial score (nSPS) is 29.5. The molecule has 5 nitrogen and oxygen atoms in total. The van der Waals surface area contributed by atoms with Gasteiger partial charge in [0.1, 0.15) is 0 Å². The van der Waals surface area contributed by atoms with E-state index in [1.54, 1.807) is 6.92 Å². The summed E-state index contributed by atoms with van der Waals surface area (Å²) in [6.45, 7) is 4.09. The van der Waals surface area contributed by atoms with Crippen LogP contribution in [-0.2, 0) is 4.79 Å². The molecule has 0 aliphatic heterocycles. The van der Waals surface area contributed by atoms with E-state index in [2.05, 4.69) is 23.2 Å². The summed E-state index contributed by atoms with van der Waals surface area (Å²) in [5, 5.41) is 32.2. The smallest absolute Gasteiger partial charge is 0.220 e. The van der Waals surface area contributed by atoms with Crippen molar-refractivity contribution in [3.05, 3.63) is 23.8 Å². The summed E-state index contributed by atoms with van der Waals surface area (Å²) < 4.78 is 0. The van der Waals surface area contributed by atoms with Gasteiger partial charge in [-0.25, -0.2) is 0 Å². The average Bonchev–Trinajstić information content (AvgIpc) is 3.22. The zero-order valence-corrected chi connectivity index (χ0v) is 17.8. The van der Waals surface area contributed by atoms with E-state index in [1.165, 1.54) is 5.57 Å². The van der Waals surface area contributed by atoms with Gasteiger partial charge in [-0.1, -0.05) is 30.7 Å². The molecule has 2 saturated carbocycles. The summed E-state index contributed by atoms with van der Waals surface area (Å²) in [6, 6.07) is 0. The van der Waals surface area contributed by atoms with E-state index in [4.69, 9.17) is 5.11 Å². The van der Waals surface area contributed by atoms with Gasteiger partial charge in [0.15, 0.2) is 0 Å². The lowest BCUT2D eigenvalue weighted by Gasteiger charge is -2.19. The van der Waals surface area contributed by atoms with Crippen molar-refractivity contribution in [1.82, 2.24) is 5.32 Å². The van der Waals surface area contributed by atoms with Crippen molar-refractivity contribution in [3.63, 3.8) is 0 Å². The highest BCUT2D eigenvalue weighted by molar-refractivity contribution is 5.75. The van der Waals surface area contributed by atoms with Crippen LogP contribution >= 0.6 is 0 Å². The van der Waals surface area contributed by atoms with E-state index in [-0.39, 0.29) is 30.5 Å². The monoisotopic (exact) mass is 403 g/mol. The first-order valence-corrected chi connectivity index (χ1v) is 11.0. The van der Waals surface area contributed by atoms with Crippen molar-refractivity contribution in [2.75, 3.05) is 13.2 Å². The lowest BCUT2D eigenvalue weighted by Crippen LogP contribution is -2.25. The van der Waals surface area contributed by atoms with Gasteiger partial charge in [-0.05, 0) is 56.8 Å². The van der Waals surface area contributed by atoms with Crippen LogP contribution in [0.1, 0.15) is 58.8 Å². The molecule has 2 fully saturated rings. The molecule has 1 amide bonds. The van der Waals surface area contributed by atoms with Gasteiger partial charge >= 0.3 is 0 Å². The first kappa shape index (κ1) is 23.7. The van der Waals surface area contributed by atoms with Gasteiger partial charge in [0.2, 0.25) is 5.91 Å². The van der Waals surface area contributed by atoms with Crippen LogP contribution in [-0.4, -0.2) is 46.6 Å². The molecule has 2 aliphatic carbocycles. The summed E-state index contributed by atoms with van der Waals surface area (Å²) in [5.74, 6) is 7.02. The molecule has 0 aromatic heterocycles. The van der Waals surface area contributed by atoms with Gasteiger partial charge in [-0.2, -0.15) is 0 Å². The number of carbonyl (C=O) groups is 1. The van der Waals surface area contributed by atoms with Crippen LogP contribution in [0.15, 0.2) is 23.8 Å². The number of hydrogen-bond donors (Lipinski definition) is 4. The molecule has 0 heterocycles. The number of aliphatic hydroxyl groups is 3. The van der Waals surface area contributed by atoms with E-state index in [0.717, 1.165) is 32.1 Å². The Bertz CT molecular complexity index is 645. The number of carbonyl (C=O) groups excluding carboxylic acids is 1. The molecule has 5 heteroatoms. The van der Waals surface area contributed by atoms with Crippen LogP contribution in [0.4, 0.5) is 0 Å². The lowest BCUT2D eigenvalue weighted by atomic mass is 9.89. The number of fused-ring (bicyclic) bond motifs is 1. The second-order valence-electron chi connectivity index (χ2n) is 8.52. The van der Waals surface area contributed by atoms with Gasteiger partial charge in [0.05, 0.1) is 18.8 Å². The number of hydrogen-bond acceptors (Lipinski definition) is 4. The molecule has 0 saturated heterocycles. The van der Waals surface area contributed by atoms with Crippen molar-refractivity contribution in [1.29, 1.82) is 0 Å². The number of unbranched alkanes of at least 4 members (excludes halogenated alkanes) is 1. The average molecular weight is 404 g/mol. The maximum Gasteiger partial charge on any atom is 0.220 e. The van der Waals surface area contributed by atoms with Crippen LogP contribution < -0.4 is 5.32 Å². The molecular weight excluding hydrogens is 366 g/mol. The van der Waals surface area contributed by atoms with Crippen LogP contribution in [0.3, 0.4) is 0 Å². The molecular formula is C24H37NO4. The summed E-state index contributed by atoms with van der Waals surface area (Å²) >= 11 is 0. The van der Waals surface area contributed by atoms with Crippen molar-refractivity contribution >= 4 is 5.91 Å². The highest BCUT2D eigenvalue weighted by atomic mass is 16.3. The SMILES string of the molecule is CC#CC[C@H](C)[C@H](O)/C=C/[C@@H]1[C@H]2C/C(=C/CCCC(=O)NCCO)C[C@H]2C[C@H]1O. The number of amides is 1. The Morgan fingerprint density at radius 2 is 2.17 bits per heavy atom. The van der Waals surface area contributed by atoms with Crippen LogP contribution in [0.2, 0.25) is 0 Å². The van der Waals surface area contributed by atoms with Gasteiger partial charge < -0.3 is 20.6 Å².